The van der Waals surface area contributed by atoms with E-state index in [-0.39, 0.29) is 11.4 Å². The van der Waals surface area contributed by atoms with Crippen molar-refractivity contribution in [2.24, 2.45) is 4.99 Å². The minimum atomic E-state index is -0.338. The Bertz CT molecular complexity index is 964. The summed E-state index contributed by atoms with van der Waals surface area (Å²) in [6.07, 6.45) is 7.35. The van der Waals surface area contributed by atoms with Crippen molar-refractivity contribution in [1.29, 1.82) is 0 Å². The molecule has 1 atom stereocenters. The van der Waals surface area contributed by atoms with Crippen LogP contribution in [0.15, 0.2) is 47.6 Å². The van der Waals surface area contributed by atoms with Gasteiger partial charge >= 0.3 is 0 Å². The summed E-state index contributed by atoms with van der Waals surface area (Å²) in [6.45, 7) is 4.03. The number of aromatic nitrogens is 1. The van der Waals surface area contributed by atoms with Crippen LogP contribution in [0, 0.1) is 6.92 Å². The van der Waals surface area contributed by atoms with E-state index in [2.05, 4.69) is 39.9 Å². The highest BCUT2D eigenvalue weighted by Gasteiger charge is 2.46. The van der Waals surface area contributed by atoms with Gasteiger partial charge in [0, 0.05) is 37.2 Å². The molecule has 5 rings (SSSR count). The Morgan fingerprint density at radius 1 is 1.20 bits per heavy atom. The molecule has 0 bridgehead atoms. The average Bonchev–Trinajstić information content (AvgIpc) is 3.40. The number of hydrogen-bond donors (Lipinski definition) is 2. The SMILES string of the molecule is Cc1ccc(C(=O)N2CCC3(C2)NCc2ccccc2NC3=NC2CCCC2)cn1. The number of fused-ring (bicyclic) bond motifs is 1. The van der Waals surface area contributed by atoms with Gasteiger partial charge in [-0.25, -0.2) is 0 Å². The molecule has 1 aromatic heterocycles. The van der Waals surface area contributed by atoms with Crippen molar-refractivity contribution in [1.82, 2.24) is 15.2 Å². The first-order chi connectivity index (χ1) is 14.6. The van der Waals surface area contributed by atoms with Crippen molar-refractivity contribution in [3.63, 3.8) is 0 Å². The van der Waals surface area contributed by atoms with E-state index in [1.807, 2.05) is 24.0 Å². The van der Waals surface area contributed by atoms with E-state index in [1.54, 1.807) is 6.20 Å². The fraction of sp³-hybridized carbons (Fsp3) is 0.458. The molecular weight excluding hydrogens is 374 g/mol. The normalized spacial score (nSPS) is 25.4. The summed E-state index contributed by atoms with van der Waals surface area (Å²) in [5.41, 5.74) is 3.59. The van der Waals surface area contributed by atoms with E-state index in [4.69, 9.17) is 4.99 Å². The fourth-order valence-electron chi connectivity index (χ4n) is 4.86. The lowest BCUT2D eigenvalue weighted by Gasteiger charge is -2.31. The summed E-state index contributed by atoms with van der Waals surface area (Å²) in [5.74, 6) is 1.04. The van der Waals surface area contributed by atoms with Crippen LogP contribution in [0.1, 0.15) is 53.7 Å². The van der Waals surface area contributed by atoms with Crippen molar-refractivity contribution in [3.05, 3.63) is 59.4 Å². The summed E-state index contributed by atoms with van der Waals surface area (Å²) in [7, 11) is 0. The summed E-state index contributed by atoms with van der Waals surface area (Å²) in [5, 5.41) is 7.44. The molecule has 2 fully saturated rings. The Kier molecular flexibility index (Phi) is 5.03. The number of anilines is 1. The molecule has 2 aliphatic heterocycles. The predicted octanol–water partition coefficient (Wildman–Crippen LogP) is 3.53. The summed E-state index contributed by atoms with van der Waals surface area (Å²) < 4.78 is 0. The summed E-state index contributed by atoms with van der Waals surface area (Å²) >= 11 is 0. The standard InChI is InChI=1S/C24H29N5O/c1-17-10-11-19(14-25-17)22(30)29-13-12-24(16-29)23(27-20-7-3-4-8-20)28-21-9-5-2-6-18(21)15-26-24/h2,5-6,9-11,14,20,26H,3-4,7-8,12-13,15-16H2,1H3,(H,27,28). The Morgan fingerprint density at radius 2 is 2.03 bits per heavy atom. The molecule has 1 aliphatic carbocycles. The maximum atomic E-state index is 13.1. The molecule has 6 nitrogen and oxygen atoms in total. The summed E-state index contributed by atoms with van der Waals surface area (Å²) in [4.78, 5) is 24.6. The number of pyridine rings is 1. The minimum absolute atomic E-state index is 0.0446. The third-order valence-corrected chi connectivity index (χ3v) is 6.69. The second kappa shape index (κ2) is 7.84. The number of hydrogen-bond acceptors (Lipinski definition) is 4. The largest absolute Gasteiger partial charge is 0.342 e. The highest BCUT2D eigenvalue weighted by atomic mass is 16.2. The highest BCUT2D eigenvalue weighted by molar-refractivity contribution is 6.05. The second-order valence-electron chi connectivity index (χ2n) is 8.80. The van der Waals surface area contributed by atoms with Crippen molar-refractivity contribution in [2.45, 2.75) is 57.2 Å². The zero-order valence-electron chi connectivity index (χ0n) is 17.5. The Labute approximate surface area is 177 Å². The van der Waals surface area contributed by atoms with Gasteiger partial charge in [-0.05, 0) is 49.9 Å². The van der Waals surface area contributed by atoms with Gasteiger partial charge in [-0.3, -0.25) is 20.1 Å². The number of rotatable bonds is 2. The van der Waals surface area contributed by atoms with E-state index in [0.717, 1.165) is 43.0 Å². The van der Waals surface area contributed by atoms with Crippen LogP contribution in [-0.4, -0.2) is 46.3 Å². The number of amidine groups is 1. The van der Waals surface area contributed by atoms with Crippen LogP contribution in [0.3, 0.4) is 0 Å². The van der Waals surface area contributed by atoms with Gasteiger partial charge in [-0.15, -0.1) is 0 Å². The van der Waals surface area contributed by atoms with Gasteiger partial charge in [-0.2, -0.15) is 0 Å². The van der Waals surface area contributed by atoms with Gasteiger partial charge in [-0.1, -0.05) is 31.0 Å². The lowest BCUT2D eigenvalue weighted by atomic mass is 9.96. The molecule has 1 spiro atoms. The molecule has 0 radical (unpaired) electrons. The molecule has 3 heterocycles. The number of carbonyl (C=O) groups excluding carboxylic acids is 1. The van der Waals surface area contributed by atoms with Crippen LogP contribution in [0.2, 0.25) is 0 Å². The number of likely N-dealkylation sites (tertiary alicyclic amines) is 1. The maximum absolute atomic E-state index is 13.1. The van der Waals surface area contributed by atoms with Crippen LogP contribution in [0.25, 0.3) is 0 Å². The highest BCUT2D eigenvalue weighted by Crippen LogP contribution is 2.32. The van der Waals surface area contributed by atoms with Crippen molar-refractivity contribution in [3.8, 4) is 0 Å². The molecule has 3 aliphatic rings. The van der Waals surface area contributed by atoms with Crippen LogP contribution in [-0.2, 0) is 6.54 Å². The first-order valence-electron chi connectivity index (χ1n) is 11.0. The molecule has 30 heavy (non-hydrogen) atoms. The molecular formula is C24H29N5O. The molecule has 1 unspecified atom stereocenters. The van der Waals surface area contributed by atoms with Crippen molar-refractivity contribution >= 4 is 17.4 Å². The quantitative estimate of drug-likeness (QED) is 0.805. The molecule has 1 amide bonds. The zero-order valence-corrected chi connectivity index (χ0v) is 17.5. The molecule has 1 saturated carbocycles. The van der Waals surface area contributed by atoms with Gasteiger partial charge in [0.1, 0.15) is 5.84 Å². The third kappa shape index (κ3) is 3.60. The number of nitrogens with zero attached hydrogens (tertiary/aromatic N) is 3. The van der Waals surface area contributed by atoms with E-state index >= 15 is 0 Å². The number of aryl methyl sites for hydroxylation is 1. The Morgan fingerprint density at radius 3 is 2.83 bits per heavy atom. The number of amides is 1. The zero-order chi connectivity index (χ0) is 20.6. The molecule has 2 aromatic rings. The van der Waals surface area contributed by atoms with E-state index in [1.165, 1.54) is 18.4 Å². The fourth-order valence-corrected chi connectivity index (χ4v) is 4.86. The van der Waals surface area contributed by atoms with E-state index in [9.17, 15) is 4.79 Å². The number of aliphatic imine (C=N–C) groups is 1. The van der Waals surface area contributed by atoms with Crippen molar-refractivity contribution in [2.75, 3.05) is 18.4 Å². The van der Waals surface area contributed by atoms with Crippen LogP contribution >= 0.6 is 0 Å². The van der Waals surface area contributed by atoms with Crippen molar-refractivity contribution < 1.29 is 4.79 Å². The average molecular weight is 404 g/mol. The molecule has 1 saturated heterocycles. The lowest BCUT2D eigenvalue weighted by molar-refractivity contribution is 0.0785. The van der Waals surface area contributed by atoms with Crippen LogP contribution in [0.5, 0.6) is 0 Å². The van der Waals surface area contributed by atoms with Gasteiger partial charge in [0.05, 0.1) is 17.1 Å². The third-order valence-electron chi connectivity index (χ3n) is 6.69. The van der Waals surface area contributed by atoms with Gasteiger partial charge in [0.2, 0.25) is 0 Å². The van der Waals surface area contributed by atoms with Gasteiger partial charge in [0.15, 0.2) is 0 Å². The summed E-state index contributed by atoms with van der Waals surface area (Å²) in [6, 6.07) is 12.6. The smallest absolute Gasteiger partial charge is 0.255 e. The number of carbonyl (C=O) groups is 1. The van der Waals surface area contributed by atoms with E-state index in [0.29, 0.717) is 24.7 Å². The number of benzene rings is 1. The first-order valence-corrected chi connectivity index (χ1v) is 11.0. The van der Waals surface area contributed by atoms with Crippen LogP contribution in [0.4, 0.5) is 5.69 Å². The minimum Gasteiger partial charge on any atom is -0.342 e. The Hall–Kier alpha value is -2.73. The van der Waals surface area contributed by atoms with E-state index < -0.39 is 0 Å². The molecule has 6 heteroatoms. The molecule has 1 aromatic carbocycles. The molecule has 156 valence electrons. The second-order valence-corrected chi connectivity index (χ2v) is 8.80. The maximum Gasteiger partial charge on any atom is 0.255 e. The number of nitrogens with one attached hydrogen (secondary N) is 2. The monoisotopic (exact) mass is 403 g/mol. The molecule has 2 N–H and O–H groups in total. The van der Waals surface area contributed by atoms with Crippen LogP contribution < -0.4 is 10.6 Å². The first kappa shape index (κ1) is 19.2. The topological polar surface area (TPSA) is 69.6 Å². The van der Waals surface area contributed by atoms with Gasteiger partial charge in [0.25, 0.3) is 5.91 Å². The number of para-hydroxylation sites is 1. The Balaban J connectivity index is 1.44. The predicted molar refractivity (Wildman–Crippen MR) is 119 cm³/mol. The van der Waals surface area contributed by atoms with Gasteiger partial charge < -0.3 is 10.2 Å². The lowest BCUT2D eigenvalue weighted by Crippen LogP contribution is -2.55.